The van der Waals surface area contributed by atoms with Crippen molar-refractivity contribution in [3.63, 3.8) is 0 Å². The Bertz CT molecular complexity index is 758. The Morgan fingerprint density at radius 1 is 1.19 bits per heavy atom. The molecule has 0 heterocycles. The summed E-state index contributed by atoms with van der Waals surface area (Å²) in [7, 11) is 3.25. The number of anilines is 1. The molecule has 0 fully saturated rings. The SMILES string of the molecule is C=CCc1cc(CN=C(N)Nc2ccc(C)cc2)cc(OC)c1OC.I. The monoisotopic (exact) mass is 467 g/mol. The number of nitrogens with zero attached hydrogens (tertiary/aromatic N) is 1. The smallest absolute Gasteiger partial charge is 0.193 e. The van der Waals surface area contributed by atoms with Crippen LogP contribution in [0.5, 0.6) is 11.5 Å². The molecule has 0 aliphatic heterocycles. The van der Waals surface area contributed by atoms with Gasteiger partial charge in [-0.1, -0.05) is 23.8 Å². The van der Waals surface area contributed by atoms with Crippen LogP contribution in [0.4, 0.5) is 5.69 Å². The Morgan fingerprint density at radius 3 is 2.46 bits per heavy atom. The highest BCUT2D eigenvalue weighted by molar-refractivity contribution is 14.0. The van der Waals surface area contributed by atoms with Crippen molar-refractivity contribution in [2.45, 2.75) is 19.9 Å². The van der Waals surface area contributed by atoms with E-state index in [9.17, 15) is 0 Å². The molecule has 26 heavy (non-hydrogen) atoms. The normalized spacial score (nSPS) is 10.7. The summed E-state index contributed by atoms with van der Waals surface area (Å²) in [4.78, 5) is 4.41. The van der Waals surface area contributed by atoms with E-state index in [-0.39, 0.29) is 24.0 Å². The molecule has 140 valence electrons. The number of aryl methyl sites for hydroxylation is 1. The number of benzene rings is 2. The van der Waals surface area contributed by atoms with Gasteiger partial charge in [-0.15, -0.1) is 30.6 Å². The van der Waals surface area contributed by atoms with Crippen molar-refractivity contribution >= 4 is 35.6 Å². The van der Waals surface area contributed by atoms with Gasteiger partial charge in [0.1, 0.15) is 0 Å². The van der Waals surface area contributed by atoms with E-state index in [2.05, 4.69) is 16.9 Å². The Morgan fingerprint density at radius 2 is 1.88 bits per heavy atom. The molecule has 3 N–H and O–H groups in total. The first kappa shape index (κ1) is 21.8. The molecule has 0 aromatic heterocycles. The van der Waals surface area contributed by atoms with Gasteiger partial charge in [0, 0.05) is 11.3 Å². The van der Waals surface area contributed by atoms with Gasteiger partial charge in [0.25, 0.3) is 0 Å². The standard InChI is InChI=1S/C20H25N3O2.HI/c1-5-6-16-11-15(12-18(24-3)19(16)25-4)13-22-20(21)23-17-9-7-14(2)8-10-17;/h5,7-12H,1,6,13H2,2-4H3,(H3,21,22,23);1H. The first-order valence-corrected chi connectivity index (χ1v) is 8.05. The minimum absolute atomic E-state index is 0. The summed E-state index contributed by atoms with van der Waals surface area (Å²) in [5.41, 5.74) is 10.1. The average Bonchev–Trinajstić information content (AvgIpc) is 2.61. The summed E-state index contributed by atoms with van der Waals surface area (Å²) in [5, 5.41) is 3.09. The molecule has 0 spiro atoms. The molecule has 0 saturated heterocycles. The van der Waals surface area contributed by atoms with Crippen LogP contribution in [-0.4, -0.2) is 20.2 Å². The highest BCUT2D eigenvalue weighted by Crippen LogP contribution is 2.33. The van der Waals surface area contributed by atoms with E-state index < -0.39 is 0 Å². The van der Waals surface area contributed by atoms with Crippen molar-refractivity contribution in [3.05, 3.63) is 65.7 Å². The summed E-state index contributed by atoms with van der Waals surface area (Å²) < 4.78 is 10.9. The molecule has 0 radical (unpaired) electrons. The van der Waals surface area contributed by atoms with Gasteiger partial charge in [0.2, 0.25) is 0 Å². The maximum Gasteiger partial charge on any atom is 0.193 e. The number of nitrogens with one attached hydrogen (secondary N) is 1. The first-order chi connectivity index (χ1) is 12.1. The third-order valence-corrected chi connectivity index (χ3v) is 3.74. The summed E-state index contributed by atoms with van der Waals surface area (Å²) >= 11 is 0. The predicted octanol–water partition coefficient (Wildman–Crippen LogP) is 4.29. The van der Waals surface area contributed by atoms with Crippen LogP contribution in [-0.2, 0) is 13.0 Å². The van der Waals surface area contributed by atoms with E-state index in [0.29, 0.717) is 24.7 Å². The summed E-state index contributed by atoms with van der Waals surface area (Å²) in [6.45, 7) is 6.27. The second kappa shape index (κ2) is 10.7. The Hall–Kier alpha value is -2.22. The number of allylic oxidation sites excluding steroid dienone is 1. The van der Waals surface area contributed by atoms with E-state index >= 15 is 0 Å². The predicted molar refractivity (Wildman–Crippen MR) is 119 cm³/mol. The zero-order valence-electron chi connectivity index (χ0n) is 15.4. The number of halogens is 1. The molecule has 0 aliphatic carbocycles. The maximum atomic E-state index is 5.98. The van der Waals surface area contributed by atoms with Gasteiger partial charge in [-0.2, -0.15) is 0 Å². The van der Waals surface area contributed by atoms with Crippen molar-refractivity contribution in [3.8, 4) is 11.5 Å². The molecule has 6 heteroatoms. The van der Waals surface area contributed by atoms with E-state index in [1.807, 2.05) is 49.4 Å². The molecule has 0 bridgehead atoms. The minimum atomic E-state index is 0. The maximum absolute atomic E-state index is 5.98. The molecule has 2 rings (SSSR count). The Kier molecular flexibility index (Phi) is 8.98. The summed E-state index contributed by atoms with van der Waals surface area (Å²) in [6.07, 6.45) is 2.52. The van der Waals surface area contributed by atoms with Gasteiger partial charge in [-0.3, -0.25) is 0 Å². The van der Waals surface area contributed by atoms with Crippen LogP contribution in [0.25, 0.3) is 0 Å². The van der Waals surface area contributed by atoms with Crippen molar-refractivity contribution in [1.82, 2.24) is 0 Å². The lowest BCUT2D eigenvalue weighted by Gasteiger charge is -2.14. The van der Waals surface area contributed by atoms with Crippen LogP contribution in [0.15, 0.2) is 54.0 Å². The van der Waals surface area contributed by atoms with Crippen LogP contribution in [0.1, 0.15) is 16.7 Å². The van der Waals surface area contributed by atoms with Crippen molar-refractivity contribution in [2.75, 3.05) is 19.5 Å². The molecule has 0 aliphatic rings. The van der Waals surface area contributed by atoms with Gasteiger partial charge in [-0.05, 0) is 43.2 Å². The average molecular weight is 467 g/mol. The Labute approximate surface area is 172 Å². The molecule has 2 aromatic rings. The fourth-order valence-corrected chi connectivity index (χ4v) is 2.51. The number of rotatable bonds is 7. The first-order valence-electron chi connectivity index (χ1n) is 8.05. The van der Waals surface area contributed by atoms with Crippen molar-refractivity contribution in [2.24, 2.45) is 10.7 Å². The number of hydrogen-bond donors (Lipinski definition) is 2. The third-order valence-electron chi connectivity index (χ3n) is 3.74. The number of nitrogens with two attached hydrogens (primary N) is 1. The molecular formula is C20H26IN3O2. The topological polar surface area (TPSA) is 68.9 Å². The fourth-order valence-electron chi connectivity index (χ4n) is 2.51. The van der Waals surface area contributed by atoms with Crippen LogP contribution < -0.4 is 20.5 Å². The molecular weight excluding hydrogens is 441 g/mol. The second-order valence-corrected chi connectivity index (χ2v) is 5.68. The van der Waals surface area contributed by atoms with Crippen molar-refractivity contribution in [1.29, 1.82) is 0 Å². The van der Waals surface area contributed by atoms with E-state index in [1.165, 1.54) is 5.56 Å². The van der Waals surface area contributed by atoms with Gasteiger partial charge >= 0.3 is 0 Å². The summed E-state index contributed by atoms with van der Waals surface area (Å²) in [6, 6.07) is 11.9. The van der Waals surface area contributed by atoms with Crippen LogP contribution in [0.3, 0.4) is 0 Å². The number of guanidine groups is 1. The number of ether oxygens (including phenoxy) is 2. The quantitative estimate of drug-likeness (QED) is 0.276. The van der Waals surface area contributed by atoms with Gasteiger partial charge in [0.15, 0.2) is 17.5 Å². The number of hydrogen-bond acceptors (Lipinski definition) is 3. The van der Waals surface area contributed by atoms with Crippen LogP contribution in [0, 0.1) is 6.92 Å². The summed E-state index contributed by atoms with van der Waals surface area (Å²) in [5.74, 6) is 1.77. The van der Waals surface area contributed by atoms with Gasteiger partial charge < -0.3 is 20.5 Å². The number of aliphatic imine (C=N–C) groups is 1. The molecule has 5 nitrogen and oxygen atoms in total. The fraction of sp³-hybridized carbons (Fsp3) is 0.250. The zero-order valence-corrected chi connectivity index (χ0v) is 17.7. The molecule has 0 unspecified atom stereocenters. The largest absolute Gasteiger partial charge is 0.493 e. The highest BCUT2D eigenvalue weighted by Gasteiger charge is 2.11. The van der Waals surface area contributed by atoms with Crippen LogP contribution in [0.2, 0.25) is 0 Å². The van der Waals surface area contributed by atoms with Gasteiger partial charge in [-0.25, -0.2) is 4.99 Å². The zero-order chi connectivity index (χ0) is 18.2. The Balaban J connectivity index is 0.00000338. The molecule has 0 saturated carbocycles. The van der Waals surface area contributed by atoms with E-state index in [1.54, 1.807) is 14.2 Å². The molecule has 0 amide bonds. The third kappa shape index (κ3) is 5.94. The highest BCUT2D eigenvalue weighted by atomic mass is 127. The number of methoxy groups -OCH3 is 2. The van der Waals surface area contributed by atoms with Gasteiger partial charge in [0.05, 0.1) is 20.8 Å². The molecule has 0 atom stereocenters. The minimum Gasteiger partial charge on any atom is -0.493 e. The lowest BCUT2D eigenvalue weighted by atomic mass is 10.1. The van der Waals surface area contributed by atoms with Crippen LogP contribution >= 0.6 is 24.0 Å². The molecule has 2 aromatic carbocycles. The lowest BCUT2D eigenvalue weighted by Crippen LogP contribution is -2.22. The second-order valence-electron chi connectivity index (χ2n) is 5.68. The van der Waals surface area contributed by atoms with Crippen molar-refractivity contribution < 1.29 is 9.47 Å². The van der Waals surface area contributed by atoms with E-state index in [0.717, 1.165) is 22.6 Å². The van der Waals surface area contributed by atoms with E-state index in [4.69, 9.17) is 15.2 Å². The lowest BCUT2D eigenvalue weighted by molar-refractivity contribution is 0.352.